The third kappa shape index (κ3) is 2.18. The number of hydrogen-bond acceptors (Lipinski definition) is 2. The van der Waals surface area contributed by atoms with Crippen molar-refractivity contribution in [2.75, 3.05) is 0 Å². The molecule has 0 aliphatic carbocycles. The van der Waals surface area contributed by atoms with Gasteiger partial charge in [-0.15, -0.1) is 9.24 Å². The highest BCUT2D eigenvalue weighted by Gasteiger charge is 2.13. The quantitative estimate of drug-likeness (QED) is 0.640. The summed E-state index contributed by atoms with van der Waals surface area (Å²) in [4.78, 5) is 12.2. The third-order valence-electron chi connectivity index (χ3n) is 2.92. The molecule has 1 aromatic heterocycles. The van der Waals surface area contributed by atoms with Crippen molar-refractivity contribution >= 4 is 37.1 Å². The maximum atomic E-state index is 12.2. The predicted octanol–water partition coefficient (Wildman–Crippen LogP) is 3.61. The highest BCUT2D eigenvalue weighted by atomic mass is 35.5. The minimum atomic E-state index is -0.200. The monoisotopic (exact) mass is 288 g/mol. The van der Waals surface area contributed by atoms with Crippen molar-refractivity contribution in [1.29, 1.82) is 0 Å². The van der Waals surface area contributed by atoms with Crippen LogP contribution in [0.25, 0.3) is 22.3 Å². The molecule has 0 radical (unpaired) electrons. The summed E-state index contributed by atoms with van der Waals surface area (Å²) in [7, 11) is 2.61. The van der Waals surface area contributed by atoms with Crippen LogP contribution in [0.4, 0.5) is 0 Å². The van der Waals surface area contributed by atoms with Crippen molar-refractivity contribution in [3.63, 3.8) is 0 Å². The van der Waals surface area contributed by atoms with Crippen molar-refractivity contribution < 1.29 is 4.42 Å². The summed E-state index contributed by atoms with van der Waals surface area (Å²) in [5.41, 5.74) is 1.13. The first-order valence-corrected chi connectivity index (χ1v) is 6.69. The zero-order valence-corrected chi connectivity index (χ0v) is 11.8. The molecule has 19 heavy (non-hydrogen) atoms. The van der Waals surface area contributed by atoms with E-state index in [1.807, 2.05) is 30.3 Å². The van der Waals surface area contributed by atoms with Gasteiger partial charge in [-0.25, -0.2) is 0 Å². The Labute approximate surface area is 117 Å². The van der Waals surface area contributed by atoms with E-state index in [1.165, 1.54) is 0 Å². The molecule has 4 heteroatoms. The first-order valence-electron chi connectivity index (χ1n) is 5.74. The molecule has 2 aromatic carbocycles. The Kier molecular flexibility index (Phi) is 3.14. The van der Waals surface area contributed by atoms with Gasteiger partial charge in [-0.2, -0.15) is 0 Å². The molecule has 0 aliphatic rings. The summed E-state index contributed by atoms with van der Waals surface area (Å²) in [5, 5.41) is 1.68. The van der Waals surface area contributed by atoms with Crippen LogP contribution in [0.2, 0.25) is 5.02 Å². The Balaban J connectivity index is 2.33. The van der Waals surface area contributed by atoms with Gasteiger partial charge in [-0.05, 0) is 17.4 Å². The predicted molar refractivity (Wildman–Crippen MR) is 82.3 cm³/mol. The van der Waals surface area contributed by atoms with Crippen molar-refractivity contribution in [2.45, 2.75) is 0 Å². The van der Waals surface area contributed by atoms with Gasteiger partial charge in [0.25, 0.3) is 0 Å². The van der Waals surface area contributed by atoms with E-state index in [0.29, 0.717) is 16.7 Å². The summed E-state index contributed by atoms with van der Waals surface area (Å²) < 4.78 is 5.76. The summed E-state index contributed by atoms with van der Waals surface area (Å²) in [5.74, 6) is 0.412. The molecule has 94 valence electrons. The number of fused-ring (bicyclic) bond motifs is 1. The highest BCUT2D eigenvalue weighted by Crippen LogP contribution is 2.28. The fourth-order valence-electron chi connectivity index (χ4n) is 1.94. The van der Waals surface area contributed by atoms with Crippen LogP contribution in [-0.2, 0) is 0 Å². The second kappa shape index (κ2) is 4.80. The lowest BCUT2D eigenvalue weighted by molar-refractivity contribution is 0.619. The maximum absolute atomic E-state index is 12.2. The maximum Gasteiger partial charge on any atom is 0.211 e. The Morgan fingerprint density at radius 1 is 1.00 bits per heavy atom. The van der Waals surface area contributed by atoms with Crippen molar-refractivity contribution in [3.05, 3.63) is 63.8 Å². The number of halogens is 1. The second-order valence-electron chi connectivity index (χ2n) is 4.19. The summed E-state index contributed by atoms with van der Waals surface area (Å²) in [6.07, 6.45) is 0. The molecule has 0 aliphatic heterocycles. The van der Waals surface area contributed by atoms with Gasteiger partial charge >= 0.3 is 0 Å². The van der Waals surface area contributed by atoms with Gasteiger partial charge in [-0.1, -0.05) is 48.0 Å². The molecule has 3 aromatic rings. The van der Waals surface area contributed by atoms with Gasteiger partial charge in [0, 0.05) is 5.56 Å². The number of rotatable bonds is 1. The van der Waals surface area contributed by atoms with Crippen molar-refractivity contribution in [1.82, 2.24) is 0 Å². The molecule has 0 saturated carbocycles. The van der Waals surface area contributed by atoms with E-state index in [1.54, 1.807) is 18.2 Å². The fraction of sp³-hybridized carbons (Fsp3) is 0. The molecule has 1 atom stereocenters. The number of para-hydroxylation sites is 1. The van der Waals surface area contributed by atoms with Crippen LogP contribution in [0.1, 0.15) is 0 Å². The van der Waals surface area contributed by atoms with Crippen LogP contribution >= 0.6 is 20.8 Å². The standard InChI is InChI=1S/C15H10ClO2P/c16-13-14(17)11-3-1-2-4-12(11)18-15(13)9-5-7-10(19)8-6-9/h1-8H,19H2. The number of hydrogen-bond donors (Lipinski definition) is 0. The van der Waals surface area contributed by atoms with Gasteiger partial charge in [0.15, 0.2) is 5.76 Å². The Bertz CT molecular complexity index is 806. The first kappa shape index (κ1) is 12.4. The van der Waals surface area contributed by atoms with E-state index < -0.39 is 0 Å². The normalized spacial score (nSPS) is 10.8. The molecule has 0 amide bonds. The molecule has 3 rings (SSSR count). The van der Waals surface area contributed by atoms with Gasteiger partial charge in [0.1, 0.15) is 10.6 Å². The fourth-order valence-corrected chi connectivity index (χ4v) is 2.38. The Morgan fingerprint density at radius 2 is 1.68 bits per heavy atom. The van der Waals surface area contributed by atoms with E-state index in [4.69, 9.17) is 16.0 Å². The van der Waals surface area contributed by atoms with Crippen LogP contribution < -0.4 is 10.7 Å². The third-order valence-corrected chi connectivity index (χ3v) is 3.64. The SMILES string of the molecule is O=c1c(Cl)c(-c2ccc(P)cc2)oc2ccccc12. The van der Waals surface area contributed by atoms with Crippen molar-refractivity contribution in [2.24, 2.45) is 0 Å². The van der Waals surface area contributed by atoms with Crippen LogP contribution in [0.15, 0.2) is 57.7 Å². The zero-order valence-electron chi connectivity index (χ0n) is 9.89. The van der Waals surface area contributed by atoms with Gasteiger partial charge in [-0.3, -0.25) is 4.79 Å². The molecule has 0 N–H and O–H groups in total. The van der Waals surface area contributed by atoms with E-state index >= 15 is 0 Å². The van der Waals surface area contributed by atoms with Crippen molar-refractivity contribution in [3.8, 4) is 11.3 Å². The summed E-state index contributed by atoms with van der Waals surface area (Å²) in [6.45, 7) is 0. The largest absolute Gasteiger partial charge is 0.454 e. The lowest BCUT2D eigenvalue weighted by atomic mass is 10.1. The summed E-state index contributed by atoms with van der Waals surface area (Å²) in [6, 6.07) is 14.7. The van der Waals surface area contributed by atoms with Crippen LogP contribution in [0, 0.1) is 0 Å². The molecular weight excluding hydrogens is 279 g/mol. The lowest BCUT2D eigenvalue weighted by Gasteiger charge is -2.05. The average Bonchev–Trinajstić information content (AvgIpc) is 2.44. The minimum Gasteiger partial charge on any atom is -0.454 e. The van der Waals surface area contributed by atoms with Gasteiger partial charge in [0.05, 0.1) is 5.39 Å². The van der Waals surface area contributed by atoms with E-state index in [0.717, 1.165) is 10.9 Å². The van der Waals surface area contributed by atoms with E-state index in [-0.39, 0.29) is 10.5 Å². The Hall–Kier alpha value is -1.63. The van der Waals surface area contributed by atoms with Gasteiger partial charge < -0.3 is 4.42 Å². The summed E-state index contributed by atoms with van der Waals surface area (Å²) >= 11 is 6.14. The molecule has 0 fully saturated rings. The topological polar surface area (TPSA) is 30.2 Å². The van der Waals surface area contributed by atoms with Crippen LogP contribution in [-0.4, -0.2) is 0 Å². The van der Waals surface area contributed by atoms with E-state index in [2.05, 4.69) is 9.24 Å². The van der Waals surface area contributed by atoms with Gasteiger partial charge in [0.2, 0.25) is 5.43 Å². The highest BCUT2D eigenvalue weighted by molar-refractivity contribution is 7.27. The lowest BCUT2D eigenvalue weighted by Crippen LogP contribution is -2.03. The minimum absolute atomic E-state index is 0.121. The number of benzene rings is 2. The van der Waals surface area contributed by atoms with Crippen LogP contribution in [0.5, 0.6) is 0 Å². The second-order valence-corrected chi connectivity index (χ2v) is 5.24. The van der Waals surface area contributed by atoms with Crippen LogP contribution in [0.3, 0.4) is 0 Å². The smallest absolute Gasteiger partial charge is 0.211 e. The zero-order chi connectivity index (χ0) is 13.4. The molecular formula is C15H10ClO2P. The molecule has 1 heterocycles. The molecule has 2 nitrogen and oxygen atoms in total. The first-order chi connectivity index (χ1) is 9.16. The van der Waals surface area contributed by atoms with E-state index in [9.17, 15) is 4.79 Å². The molecule has 0 spiro atoms. The molecule has 1 unspecified atom stereocenters. The Morgan fingerprint density at radius 3 is 2.42 bits per heavy atom. The molecule has 0 bridgehead atoms. The average molecular weight is 289 g/mol. The molecule has 0 saturated heterocycles.